The van der Waals surface area contributed by atoms with Crippen LogP contribution in [0.4, 0.5) is 0 Å². The zero-order valence-corrected chi connectivity index (χ0v) is 22.3. The van der Waals surface area contributed by atoms with E-state index in [4.69, 9.17) is 18.6 Å². The van der Waals surface area contributed by atoms with Gasteiger partial charge in [0.15, 0.2) is 11.5 Å². The number of nitrogens with zero attached hydrogens (tertiary/aromatic N) is 3. The molecule has 0 aliphatic carbocycles. The molecule has 1 aromatic carbocycles. The minimum absolute atomic E-state index is 0.0770. The van der Waals surface area contributed by atoms with Crippen molar-refractivity contribution in [3.8, 4) is 17.2 Å². The van der Waals surface area contributed by atoms with E-state index in [0.29, 0.717) is 68.5 Å². The molecular formula is C28H36N4O6. The molecule has 204 valence electrons. The van der Waals surface area contributed by atoms with Crippen molar-refractivity contribution in [3.05, 3.63) is 60.1 Å². The summed E-state index contributed by atoms with van der Waals surface area (Å²) in [5.41, 5.74) is 1.01. The number of rotatable bonds is 12. The van der Waals surface area contributed by atoms with Crippen LogP contribution in [0.1, 0.15) is 55.2 Å². The SMILES string of the molecule is COc1cc(Cn2ccnc2C2CCN(C(=O)CCCC(=O)NCc3ccco3)CC2)cc(OC)c1OC. The third-order valence-electron chi connectivity index (χ3n) is 6.87. The molecule has 1 aliphatic rings. The van der Waals surface area contributed by atoms with E-state index in [9.17, 15) is 9.59 Å². The summed E-state index contributed by atoms with van der Waals surface area (Å²) < 4.78 is 23.8. The molecule has 10 heteroatoms. The summed E-state index contributed by atoms with van der Waals surface area (Å²) in [5.74, 6) is 3.81. The van der Waals surface area contributed by atoms with Gasteiger partial charge in [-0.2, -0.15) is 0 Å². The van der Waals surface area contributed by atoms with Crippen molar-refractivity contribution in [1.29, 1.82) is 0 Å². The molecular weight excluding hydrogens is 488 g/mol. The number of carbonyl (C=O) groups excluding carboxylic acids is 2. The van der Waals surface area contributed by atoms with E-state index in [2.05, 4.69) is 14.9 Å². The van der Waals surface area contributed by atoms with Crippen LogP contribution in [0.3, 0.4) is 0 Å². The molecule has 0 spiro atoms. The number of hydrogen-bond acceptors (Lipinski definition) is 7. The second-order valence-electron chi connectivity index (χ2n) is 9.31. The Balaban J connectivity index is 1.26. The van der Waals surface area contributed by atoms with Crippen LogP contribution in [0.15, 0.2) is 47.3 Å². The number of piperidine rings is 1. The first kappa shape index (κ1) is 27.1. The number of amides is 2. The van der Waals surface area contributed by atoms with Gasteiger partial charge < -0.3 is 33.4 Å². The van der Waals surface area contributed by atoms with E-state index in [1.807, 2.05) is 35.5 Å². The fraction of sp³-hybridized carbons (Fsp3) is 0.464. The van der Waals surface area contributed by atoms with Gasteiger partial charge in [-0.15, -0.1) is 0 Å². The molecule has 0 unspecified atom stereocenters. The summed E-state index contributed by atoms with van der Waals surface area (Å²) >= 11 is 0. The fourth-order valence-corrected chi connectivity index (χ4v) is 4.87. The van der Waals surface area contributed by atoms with E-state index in [0.717, 1.165) is 24.2 Å². The van der Waals surface area contributed by atoms with Crippen LogP contribution >= 0.6 is 0 Å². The normalized spacial score (nSPS) is 13.8. The summed E-state index contributed by atoms with van der Waals surface area (Å²) in [6, 6.07) is 7.49. The molecule has 3 aromatic rings. The van der Waals surface area contributed by atoms with Crippen LogP contribution in [-0.4, -0.2) is 60.7 Å². The third-order valence-corrected chi connectivity index (χ3v) is 6.87. The Labute approximate surface area is 222 Å². The van der Waals surface area contributed by atoms with Crippen LogP contribution < -0.4 is 19.5 Å². The largest absolute Gasteiger partial charge is 0.493 e. The van der Waals surface area contributed by atoms with E-state index < -0.39 is 0 Å². The second kappa shape index (κ2) is 13.0. The van der Waals surface area contributed by atoms with Gasteiger partial charge in [-0.1, -0.05) is 0 Å². The van der Waals surface area contributed by atoms with Gasteiger partial charge in [0, 0.05) is 50.8 Å². The van der Waals surface area contributed by atoms with E-state index in [1.165, 1.54) is 0 Å². The molecule has 1 saturated heterocycles. The lowest BCUT2D eigenvalue weighted by Crippen LogP contribution is -2.38. The molecule has 0 saturated carbocycles. The number of furan rings is 1. The van der Waals surface area contributed by atoms with Crippen LogP contribution in [0.2, 0.25) is 0 Å². The lowest BCUT2D eigenvalue weighted by Gasteiger charge is -2.32. The van der Waals surface area contributed by atoms with Crippen LogP contribution in [0.25, 0.3) is 0 Å². The molecule has 2 amide bonds. The van der Waals surface area contributed by atoms with Crippen molar-refractivity contribution in [2.24, 2.45) is 0 Å². The number of imidazole rings is 1. The second-order valence-corrected chi connectivity index (χ2v) is 9.31. The predicted octanol–water partition coefficient (Wildman–Crippen LogP) is 3.74. The molecule has 38 heavy (non-hydrogen) atoms. The highest BCUT2D eigenvalue weighted by Crippen LogP contribution is 2.38. The Hall–Kier alpha value is -3.95. The van der Waals surface area contributed by atoms with Gasteiger partial charge in [-0.25, -0.2) is 4.98 Å². The predicted molar refractivity (Wildman–Crippen MR) is 140 cm³/mol. The standard InChI is InChI=1S/C28H36N4O6/c1-35-23-16-20(17-24(36-2)27(23)37-3)19-32-14-11-29-28(32)21-9-12-31(13-10-21)26(34)8-4-7-25(33)30-18-22-6-5-15-38-22/h5-6,11,14-17,21H,4,7-10,12-13,18-19H2,1-3H3,(H,30,33). The number of nitrogens with one attached hydrogen (secondary N) is 1. The molecule has 0 bridgehead atoms. The maximum Gasteiger partial charge on any atom is 0.222 e. The lowest BCUT2D eigenvalue weighted by atomic mass is 9.95. The van der Waals surface area contributed by atoms with Gasteiger partial charge >= 0.3 is 0 Å². The Bertz CT molecular complexity index is 1170. The monoisotopic (exact) mass is 524 g/mol. The smallest absolute Gasteiger partial charge is 0.222 e. The summed E-state index contributed by atoms with van der Waals surface area (Å²) in [5, 5.41) is 2.81. The average Bonchev–Trinajstić information content (AvgIpc) is 3.63. The van der Waals surface area contributed by atoms with Gasteiger partial charge in [-0.05, 0) is 49.1 Å². The van der Waals surface area contributed by atoms with Crippen LogP contribution in [0, 0.1) is 0 Å². The first-order valence-corrected chi connectivity index (χ1v) is 12.9. The Morgan fingerprint density at radius 2 is 1.82 bits per heavy atom. The number of likely N-dealkylation sites (tertiary alicyclic amines) is 1. The summed E-state index contributed by atoms with van der Waals surface area (Å²) in [6.45, 7) is 2.35. The van der Waals surface area contributed by atoms with E-state index >= 15 is 0 Å². The summed E-state index contributed by atoms with van der Waals surface area (Å²) in [7, 11) is 4.80. The highest BCUT2D eigenvalue weighted by Gasteiger charge is 2.26. The quantitative estimate of drug-likeness (QED) is 0.385. The molecule has 4 rings (SSSR count). The van der Waals surface area contributed by atoms with Crippen molar-refractivity contribution in [2.45, 2.75) is 51.1 Å². The van der Waals surface area contributed by atoms with Gasteiger partial charge in [0.05, 0.1) is 34.1 Å². The molecule has 0 atom stereocenters. The number of methoxy groups -OCH3 is 3. The zero-order valence-electron chi connectivity index (χ0n) is 22.3. The van der Waals surface area contributed by atoms with Crippen LogP contribution in [-0.2, 0) is 22.7 Å². The van der Waals surface area contributed by atoms with Crippen molar-refractivity contribution >= 4 is 11.8 Å². The minimum Gasteiger partial charge on any atom is -0.493 e. The number of carbonyl (C=O) groups is 2. The molecule has 1 N–H and O–H groups in total. The topological polar surface area (TPSA) is 108 Å². The number of hydrogen-bond donors (Lipinski definition) is 1. The average molecular weight is 525 g/mol. The molecule has 2 aromatic heterocycles. The van der Waals surface area contributed by atoms with Gasteiger partial charge in [0.2, 0.25) is 17.6 Å². The number of benzene rings is 1. The van der Waals surface area contributed by atoms with E-state index in [-0.39, 0.29) is 17.7 Å². The highest BCUT2D eigenvalue weighted by atomic mass is 16.5. The van der Waals surface area contributed by atoms with Gasteiger partial charge in [0.1, 0.15) is 11.6 Å². The van der Waals surface area contributed by atoms with Gasteiger partial charge in [0.25, 0.3) is 0 Å². The first-order chi connectivity index (χ1) is 18.5. The molecule has 3 heterocycles. The van der Waals surface area contributed by atoms with Crippen LogP contribution in [0.5, 0.6) is 17.2 Å². The summed E-state index contributed by atoms with van der Waals surface area (Å²) in [4.78, 5) is 31.3. The number of ether oxygens (including phenoxy) is 3. The van der Waals surface area contributed by atoms with E-state index in [1.54, 1.807) is 33.7 Å². The third kappa shape index (κ3) is 6.67. The zero-order chi connectivity index (χ0) is 26.9. The lowest BCUT2D eigenvalue weighted by molar-refractivity contribution is -0.132. The first-order valence-electron chi connectivity index (χ1n) is 12.9. The van der Waals surface area contributed by atoms with Gasteiger partial charge in [-0.3, -0.25) is 9.59 Å². The van der Waals surface area contributed by atoms with Crippen molar-refractivity contribution in [1.82, 2.24) is 19.8 Å². The van der Waals surface area contributed by atoms with Crippen molar-refractivity contribution < 1.29 is 28.2 Å². The summed E-state index contributed by atoms with van der Waals surface area (Å²) in [6.07, 6.45) is 8.29. The number of aromatic nitrogens is 2. The maximum atomic E-state index is 12.7. The molecule has 0 radical (unpaired) electrons. The Morgan fingerprint density at radius 1 is 1.08 bits per heavy atom. The minimum atomic E-state index is -0.0770. The maximum absolute atomic E-state index is 12.7. The Morgan fingerprint density at radius 3 is 2.45 bits per heavy atom. The molecule has 1 aliphatic heterocycles. The molecule has 10 nitrogen and oxygen atoms in total. The Kier molecular flexibility index (Phi) is 9.29. The molecule has 1 fully saturated rings. The highest BCUT2D eigenvalue weighted by molar-refractivity contribution is 5.79. The van der Waals surface area contributed by atoms with Crippen molar-refractivity contribution in [2.75, 3.05) is 34.4 Å². The fourth-order valence-electron chi connectivity index (χ4n) is 4.87. The van der Waals surface area contributed by atoms with Crippen molar-refractivity contribution in [3.63, 3.8) is 0 Å².